The summed E-state index contributed by atoms with van der Waals surface area (Å²) in [4.78, 5) is 0. The SMILES string of the molecule is CC(COCc1ccccc1)NCc1ccccc1-c1ccc(Cn2cccn2)cc1. The second-order valence-corrected chi connectivity index (χ2v) is 7.84. The van der Waals surface area contributed by atoms with Crippen LogP contribution in [0.4, 0.5) is 0 Å². The van der Waals surface area contributed by atoms with E-state index in [1.54, 1.807) is 0 Å². The highest BCUT2D eigenvalue weighted by Gasteiger charge is 2.08. The second-order valence-electron chi connectivity index (χ2n) is 7.84. The molecule has 0 fully saturated rings. The van der Waals surface area contributed by atoms with Crippen LogP contribution < -0.4 is 5.32 Å². The van der Waals surface area contributed by atoms with Crippen molar-refractivity contribution in [2.45, 2.75) is 32.7 Å². The fourth-order valence-electron chi connectivity index (χ4n) is 3.60. The molecule has 4 nitrogen and oxygen atoms in total. The van der Waals surface area contributed by atoms with E-state index in [9.17, 15) is 0 Å². The lowest BCUT2D eigenvalue weighted by molar-refractivity contribution is 0.102. The summed E-state index contributed by atoms with van der Waals surface area (Å²) in [5.74, 6) is 0. The van der Waals surface area contributed by atoms with Crippen molar-refractivity contribution in [3.63, 3.8) is 0 Å². The molecule has 1 N–H and O–H groups in total. The van der Waals surface area contributed by atoms with Gasteiger partial charge in [0.05, 0.1) is 19.8 Å². The van der Waals surface area contributed by atoms with Crippen LogP contribution in [-0.4, -0.2) is 22.4 Å². The highest BCUT2D eigenvalue weighted by molar-refractivity contribution is 5.67. The quantitative estimate of drug-likeness (QED) is 0.385. The van der Waals surface area contributed by atoms with Gasteiger partial charge in [0, 0.05) is 25.0 Å². The first-order valence-electron chi connectivity index (χ1n) is 10.8. The van der Waals surface area contributed by atoms with Crippen LogP contribution in [-0.2, 0) is 24.4 Å². The molecule has 0 saturated carbocycles. The van der Waals surface area contributed by atoms with E-state index >= 15 is 0 Å². The van der Waals surface area contributed by atoms with Crippen molar-refractivity contribution in [3.8, 4) is 11.1 Å². The molecule has 31 heavy (non-hydrogen) atoms. The summed E-state index contributed by atoms with van der Waals surface area (Å²) in [5.41, 5.74) is 6.23. The first-order valence-corrected chi connectivity index (χ1v) is 10.8. The molecule has 158 valence electrons. The Morgan fingerprint density at radius 2 is 1.65 bits per heavy atom. The van der Waals surface area contributed by atoms with E-state index in [1.807, 2.05) is 41.3 Å². The Labute approximate surface area is 184 Å². The topological polar surface area (TPSA) is 39.1 Å². The predicted molar refractivity (Wildman–Crippen MR) is 126 cm³/mol. The minimum atomic E-state index is 0.271. The van der Waals surface area contributed by atoms with Crippen LogP contribution in [0.1, 0.15) is 23.6 Å². The number of rotatable bonds is 10. The summed E-state index contributed by atoms with van der Waals surface area (Å²) >= 11 is 0. The number of nitrogens with zero attached hydrogens (tertiary/aromatic N) is 2. The summed E-state index contributed by atoms with van der Waals surface area (Å²) in [7, 11) is 0. The summed E-state index contributed by atoms with van der Waals surface area (Å²) in [6.45, 7) is 5.09. The third kappa shape index (κ3) is 6.14. The van der Waals surface area contributed by atoms with Crippen LogP contribution in [0.5, 0.6) is 0 Å². The standard InChI is InChI=1S/C27H29N3O/c1-22(20-31-21-24-8-3-2-4-9-24)28-18-26-10-5-6-11-27(26)25-14-12-23(13-15-25)19-30-17-7-16-29-30/h2-17,22,28H,18-21H2,1H3. The number of nitrogens with one attached hydrogen (secondary N) is 1. The minimum Gasteiger partial charge on any atom is -0.375 e. The van der Waals surface area contributed by atoms with Crippen LogP contribution in [0, 0.1) is 0 Å². The predicted octanol–water partition coefficient (Wildman–Crippen LogP) is 5.29. The Bertz CT molecular complexity index is 1040. The van der Waals surface area contributed by atoms with Crippen molar-refractivity contribution in [2.75, 3.05) is 6.61 Å². The number of benzene rings is 3. The summed E-state index contributed by atoms with van der Waals surface area (Å²) < 4.78 is 7.81. The Kier molecular flexibility index (Phi) is 7.27. The molecule has 0 bridgehead atoms. The van der Waals surface area contributed by atoms with E-state index in [4.69, 9.17) is 4.74 Å². The van der Waals surface area contributed by atoms with Crippen molar-refractivity contribution in [1.82, 2.24) is 15.1 Å². The largest absolute Gasteiger partial charge is 0.375 e. The molecule has 0 aliphatic rings. The normalized spacial score (nSPS) is 12.0. The summed E-state index contributed by atoms with van der Waals surface area (Å²) in [6, 6.07) is 29.9. The molecule has 1 heterocycles. The first-order chi connectivity index (χ1) is 15.3. The molecule has 0 aliphatic carbocycles. The van der Waals surface area contributed by atoms with Crippen LogP contribution in [0.25, 0.3) is 11.1 Å². The van der Waals surface area contributed by atoms with Gasteiger partial charge in [-0.05, 0) is 40.8 Å². The molecule has 1 atom stereocenters. The average molecular weight is 412 g/mol. The summed E-state index contributed by atoms with van der Waals surface area (Å²) in [5, 5.41) is 7.88. The lowest BCUT2D eigenvalue weighted by Gasteiger charge is -2.16. The highest BCUT2D eigenvalue weighted by atomic mass is 16.5. The van der Waals surface area contributed by atoms with Crippen molar-refractivity contribution >= 4 is 0 Å². The molecule has 0 saturated heterocycles. The zero-order valence-corrected chi connectivity index (χ0v) is 17.9. The monoisotopic (exact) mass is 411 g/mol. The van der Waals surface area contributed by atoms with Gasteiger partial charge in [0.1, 0.15) is 0 Å². The van der Waals surface area contributed by atoms with E-state index < -0.39 is 0 Å². The molecule has 0 amide bonds. The molecule has 1 aromatic heterocycles. The molecular weight excluding hydrogens is 382 g/mol. The zero-order chi connectivity index (χ0) is 21.3. The van der Waals surface area contributed by atoms with E-state index in [0.717, 1.165) is 13.1 Å². The Morgan fingerprint density at radius 1 is 0.871 bits per heavy atom. The summed E-state index contributed by atoms with van der Waals surface area (Å²) in [6.07, 6.45) is 3.80. The van der Waals surface area contributed by atoms with Gasteiger partial charge in [-0.2, -0.15) is 5.10 Å². The van der Waals surface area contributed by atoms with Gasteiger partial charge < -0.3 is 10.1 Å². The molecule has 3 aromatic carbocycles. The molecule has 4 rings (SSSR count). The fraction of sp³-hybridized carbons (Fsp3) is 0.222. The van der Waals surface area contributed by atoms with Gasteiger partial charge in [-0.1, -0.05) is 78.9 Å². The lowest BCUT2D eigenvalue weighted by Crippen LogP contribution is -2.30. The van der Waals surface area contributed by atoms with Gasteiger partial charge >= 0.3 is 0 Å². The maximum atomic E-state index is 5.87. The molecule has 4 heteroatoms. The maximum Gasteiger partial charge on any atom is 0.0717 e. The fourth-order valence-corrected chi connectivity index (χ4v) is 3.60. The van der Waals surface area contributed by atoms with Crippen LogP contribution in [0.15, 0.2) is 97.3 Å². The van der Waals surface area contributed by atoms with Crippen LogP contribution in [0.3, 0.4) is 0 Å². The van der Waals surface area contributed by atoms with Gasteiger partial charge in [-0.15, -0.1) is 0 Å². The van der Waals surface area contributed by atoms with Gasteiger partial charge in [-0.25, -0.2) is 0 Å². The number of hydrogen-bond acceptors (Lipinski definition) is 3. The van der Waals surface area contributed by atoms with Crippen molar-refractivity contribution in [3.05, 3.63) is 114 Å². The maximum absolute atomic E-state index is 5.87. The van der Waals surface area contributed by atoms with E-state index in [0.29, 0.717) is 13.2 Å². The van der Waals surface area contributed by atoms with Crippen LogP contribution >= 0.6 is 0 Å². The Balaban J connectivity index is 1.32. The van der Waals surface area contributed by atoms with Gasteiger partial charge in [-0.3, -0.25) is 4.68 Å². The van der Waals surface area contributed by atoms with Crippen LogP contribution in [0.2, 0.25) is 0 Å². The number of hydrogen-bond donors (Lipinski definition) is 1. The average Bonchev–Trinajstić information content (AvgIpc) is 3.32. The lowest BCUT2D eigenvalue weighted by atomic mass is 9.98. The molecular formula is C27H29N3O. The van der Waals surface area contributed by atoms with E-state index in [1.165, 1.54) is 27.8 Å². The van der Waals surface area contributed by atoms with E-state index in [2.05, 4.69) is 78.0 Å². The molecule has 0 spiro atoms. The molecule has 1 unspecified atom stereocenters. The second kappa shape index (κ2) is 10.7. The molecule has 4 aromatic rings. The third-order valence-electron chi connectivity index (χ3n) is 5.31. The van der Waals surface area contributed by atoms with Crippen molar-refractivity contribution in [2.24, 2.45) is 0 Å². The van der Waals surface area contributed by atoms with Gasteiger partial charge in [0.15, 0.2) is 0 Å². The zero-order valence-electron chi connectivity index (χ0n) is 17.9. The number of aromatic nitrogens is 2. The Morgan fingerprint density at radius 3 is 2.42 bits per heavy atom. The van der Waals surface area contributed by atoms with Crippen molar-refractivity contribution in [1.29, 1.82) is 0 Å². The smallest absolute Gasteiger partial charge is 0.0717 e. The minimum absolute atomic E-state index is 0.271. The van der Waals surface area contributed by atoms with Crippen molar-refractivity contribution < 1.29 is 4.74 Å². The first kappa shape index (κ1) is 21.0. The highest BCUT2D eigenvalue weighted by Crippen LogP contribution is 2.24. The third-order valence-corrected chi connectivity index (χ3v) is 5.31. The van der Waals surface area contributed by atoms with Gasteiger partial charge in [0.2, 0.25) is 0 Å². The van der Waals surface area contributed by atoms with Gasteiger partial charge in [0.25, 0.3) is 0 Å². The molecule has 0 aliphatic heterocycles. The van der Waals surface area contributed by atoms with E-state index in [-0.39, 0.29) is 6.04 Å². The molecule has 0 radical (unpaired) electrons. The number of ether oxygens (including phenoxy) is 1. The Hall–Kier alpha value is -3.21.